The van der Waals surface area contributed by atoms with Crippen LogP contribution in [0.25, 0.3) is 0 Å². The fraction of sp³-hybridized carbons (Fsp3) is 0.733. The zero-order chi connectivity index (χ0) is 13.7. The average Bonchev–Trinajstić information content (AvgIpc) is 2.77. The minimum Gasteiger partial charge on any atom is -0.475 e. The van der Waals surface area contributed by atoms with Crippen LogP contribution in [0.15, 0.2) is 0 Å². The molecule has 0 atom stereocenters. The Morgan fingerprint density at radius 2 is 1.85 bits per heavy atom. The van der Waals surface area contributed by atoms with Crippen LogP contribution >= 0.6 is 0 Å². The van der Waals surface area contributed by atoms with Crippen molar-refractivity contribution in [2.45, 2.75) is 32.1 Å². The minimum absolute atomic E-state index is 0.299. The van der Waals surface area contributed by atoms with Crippen molar-refractivity contribution >= 4 is 5.82 Å². The van der Waals surface area contributed by atoms with Crippen LogP contribution in [-0.4, -0.2) is 16.8 Å². The van der Waals surface area contributed by atoms with E-state index in [4.69, 9.17) is 15.7 Å². The molecule has 0 radical (unpaired) electrons. The van der Waals surface area contributed by atoms with Gasteiger partial charge in [0.15, 0.2) is 5.56 Å². The van der Waals surface area contributed by atoms with E-state index in [1.807, 2.05) is 0 Å². The summed E-state index contributed by atoms with van der Waals surface area (Å²) < 4.78 is 5.83. The number of nitrogens with zero attached hydrogens (tertiary/aromatic N) is 2. The van der Waals surface area contributed by atoms with Gasteiger partial charge in [-0.15, -0.1) is 5.10 Å². The first kappa shape index (κ1) is 12.1. The molecule has 3 N–H and O–H groups in total. The fourth-order valence-corrected chi connectivity index (χ4v) is 5.04. The molecular weight excluding hydrogens is 252 g/mol. The second-order valence-corrected chi connectivity index (χ2v) is 6.83. The highest BCUT2D eigenvalue weighted by molar-refractivity contribution is 5.53. The van der Waals surface area contributed by atoms with E-state index in [0.29, 0.717) is 29.8 Å². The van der Waals surface area contributed by atoms with E-state index in [1.54, 1.807) is 0 Å². The molecule has 5 rings (SSSR count). The second kappa shape index (κ2) is 4.41. The number of anilines is 1. The number of aromatic nitrogens is 2. The van der Waals surface area contributed by atoms with Crippen molar-refractivity contribution in [2.75, 3.05) is 12.3 Å². The number of H-pyrrole nitrogens is 1. The number of nitrogens with two attached hydrogens (primary N) is 1. The van der Waals surface area contributed by atoms with Crippen molar-refractivity contribution in [1.82, 2.24) is 10.2 Å². The molecule has 4 aliphatic rings. The van der Waals surface area contributed by atoms with Crippen molar-refractivity contribution < 1.29 is 4.74 Å². The van der Waals surface area contributed by atoms with Gasteiger partial charge >= 0.3 is 0 Å². The summed E-state index contributed by atoms with van der Waals surface area (Å²) in [6.45, 7) is 0.688. The molecule has 20 heavy (non-hydrogen) atoms. The summed E-state index contributed by atoms with van der Waals surface area (Å²) in [5.74, 6) is 4.92. The minimum atomic E-state index is 0.299. The van der Waals surface area contributed by atoms with E-state index < -0.39 is 0 Å². The maximum absolute atomic E-state index is 9.06. The lowest BCUT2D eigenvalue weighted by atomic mass is 9.52. The number of nitrogen functional groups attached to an aromatic ring is 1. The highest BCUT2D eigenvalue weighted by Gasteiger charge is 2.48. The zero-order valence-electron chi connectivity index (χ0n) is 11.5. The van der Waals surface area contributed by atoms with Gasteiger partial charge in [-0.1, -0.05) is 0 Å². The lowest BCUT2D eigenvalue weighted by Crippen LogP contribution is -2.47. The Balaban J connectivity index is 1.46. The molecule has 1 aromatic rings. The molecule has 0 spiro atoms. The molecule has 5 heteroatoms. The quantitative estimate of drug-likeness (QED) is 0.883. The Hall–Kier alpha value is -1.70. The number of ether oxygens (including phenoxy) is 1. The molecule has 1 heterocycles. The highest BCUT2D eigenvalue weighted by Crippen LogP contribution is 2.56. The molecule has 0 aliphatic heterocycles. The van der Waals surface area contributed by atoms with E-state index in [1.165, 1.54) is 32.1 Å². The number of nitriles is 1. The van der Waals surface area contributed by atoms with E-state index in [9.17, 15) is 0 Å². The van der Waals surface area contributed by atoms with Gasteiger partial charge in [-0.25, -0.2) is 0 Å². The summed E-state index contributed by atoms with van der Waals surface area (Å²) in [7, 11) is 0. The third-order valence-electron chi connectivity index (χ3n) is 5.71. The SMILES string of the molecule is N#Cc1c(OCC2C3CC4CC(C3)CC2C4)n[nH]c1N. The lowest BCUT2D eigenvalue weighted by molar-refractivity contribution is -0.0534. The van der Waals surface area contributed by atoms with Gasteiger partial charge in [0.1, 0.15) is 11.9 Å². The first-order valence-corrected chi connectivity index (χ1v) is 7.61. The topological polar surface area (TPSA) is 87.7 Å². The summed E-state index contributed by atoms with van der Waals surface area (Å²) in [6, 6.07) is 2.05. The average molecular weight is 272 g/mol. The molecule has 4 saturated carbocycles. The molecule has 0 amide bonds. The van der Waals surface area contributed by atoms with Gasteiger partial charge in [-0.3, -0.25) is 5.10 Å². The zero-order valence-corrected chi connectivity index (χ0v) is 11.5. The Morgan fingerprint density at radius 1 is 1.20 bits per heavy atom. The Morgan fingerprint density at radius 3 is 2.45 bits per heavy atom. The van der Waals surface area contributed by atoms with Crippen molar-refractivity contribution in [3.8, 4) is 11.9 Å². The van der Waals surface area contributed by atoms with Crippen LogP contribution in [0.4, 0.5) is 5.82 Å². The number of rotatable bonds is 3. The molecule has 5 nitrogen and oxygen atoms in total. The Labute approximate surface area is 118 Å². The highest BCUT2D eigenvalue weighted by atomic mass is 16.5. The predicted octanol–water partition coefficient (Wildman–Crippen LogP) is 2.31. The third kappa shape index (κ3) is 1.78. The summed E-state index contributed by atoms with van der Waals surface area (Å²) in [5.41, 5.74) is 6.00. The Bertz CT molecular complexity index is 531. The number of aromatic amines is 1. The third-order valence-corrected chi connectivity index (χ3v) is 5.71. The maximum Gasteiger partial charge on any atom is 0.253 e. The van der Waals surface area contributed by atoms with E-state index in [0.717, 1.165) is 23.7 Å². The summed E-state index contributed by atoms with van der Waals surface area (Å²) in [4.78, 5) is 0. The predicted molar refractivity (Wildman–Crippen MR) is 73.7 cm³/mol. The van der Waals surface area contributed by atoms with Gasteiger partial charge in [0.25, 0.3) is 5.88 Å². The van der Waals surface area contributed by atoms with Gasteiger partial charge in [0.05, 0.1) is 6.61 Å². The molecule has 4 fully saturated rings. The molecule has 106 valence electrons. The largest absolute Gasteiger partial charge is 0.475 e. The molecule has 4 bridgehead atoms. The van der Waals surface area contributed by atoms with Crippen LogP contribution in [0.5, 0.6) is 5.88 Å². The van der Waals surface area contributed by atoms with Gasteiger partial charge in [0, 0.05) is 0 Å². The molecule has 0 unspecified atom stereocenters. The normalized spacial score (nSPS) is 37.9. The van der Waals surface area contributed by atoms with E-state index >= 15 is 0 Å². The van der Waals surface area contributed by atoms with Gasteiger partial charge < -0.3 is 10.5 Å². The van der Waals surface area contributed by atoms with E-state index in [2.05, 4.69) is 16.3 Å². The number of hydrogen-bond acceptors (Lipinski definition) is 4. The van der Waals surface area contributed by atoms with Gasteiger partial charge in [-0.2, -0.15) is 5.26 Å². The summed E-state index contributed by atoms with van der Waals surface area (Å²) in [6.07, 6.45) is 7.00. The first-order valence-electron chi connectivity index (χ1n) is 7.61. The van der Waals surface area contributed by atoms with Crippen LogP contribution < -0.4 is 10.5 Å². The van der Waals surface area contributed by atoms with Crippen LogP contribution in [0, 0.1) is 40.9 Å². The molecule has 4 aliphatic carbocycles. The van der Waals surface area contributed by atoms with Crippen molar-refractivity contribution in [2.24, 2.45) is 29.6 Å². The molecular formula is C15H20N4O. The molecule has 1 aromatic heterocycles. The van der Waals surface area contributed by atoms with Crippen LogP contribution in [-0.2, 0) is 0 Å². The van der Waals surface area contributed by atoms with E-state index in [-0.39, 0.29) is 0 Å². The molecule has 0 aromatic carbocycles. The van der Waals surface area contributed by atoms with Crippen molar-refractivity contribution in [3.05, 3.63) is 5.56 Å². The number of nitrogens with one attached hydrogen (secondary N) is 1. The van der Waals surface area contributed by atoms with Gasteiger partial charge in [0.2, 0.25) is 0 Å². The van der Waals surface area contributed by atoms with Crippen molar-refractivity contribution in [3.63, 3.8) is 0 Å². The van der Waals surface area contributed by atoms with Crippen LogP contribution in [0.3, 0.4) is 0 Å². The maximum atomic E-state index is 9.06. The van der Waals surface area contributed by atoms with Crippen molar-refractivity contribution in [1.29, 1.82) is 5.26 Å². The fourth-order valence-electron chi connectivity index (χ4n) is 5.04. The van der Waals surface area contributed by atoms with Crippen LogP contribution in [0.2, 0.25) is 0 Å². The molecule has 0 saturated heterocycles. The second-order valence-electron chi connectivity index (χ2n) is 6.83. The number of hydrogen-bond donors (Lipinski definition) is 2. The Kier molecular flexibility index (Phi) is 2.66. The lowest BCUT2D eigenvalue weighted by Gasteiger charge is -2.54. The van der Waals surface area contributed by atoms with Gasteiger partial charge in [-0.05, 0) is 61.7 Å². The first-order chi connectivity index (χ1) is 9.74. The summed E-state index contributed by atoms with van der Waals surface area (Å²) >= 11 is 0. The van der Waals surface area contributed by atoms with Crippen LogP contribution in [0.1, 0.15) is 37.7 Å². The standard InChI is InChI=1S/C15H20N4O/c16-6-12-14(17)18-19-15(12)20-7-13-10-2-8-1-9(4-10)5-11(13)3-8/h8-11,13H,1-5,7H2,(H3,17,18,19). The monoisotopic (exact) mass is 272 g/mol. The summed E-state index contributed by atoms with van der Waals surface area (Å²) in [5, 5.41) is 15.7. The smallest absolute Gasteiger partial charge is 0.253 e.